The summed E-state index contributed by atoms with van der Waals surface area (Å²) in [5.41, 5.74) is 2.72. The van der Waals surface area contributed by atoms with Crippen LogP contribution in [-0.4, -0.2) is 40.5 Å². The van der Waals surface area contributed by atoms with Gasteiger partial charge in [-0.3, -0.25) is 14.2 Å². The van der Waals surface area contributed by atoms with E-state index < -0.39 is 0 Å². The Morgan fingerprint density at radius 3 is 2.76 bits per heavy atom. The second kappa shape index (κ2) is 7.29. The van der Waals surface area contributed by atoms with Crippen molar-refractivity contribution in [2.24, 2.45) is 0 Å². The Labute approximate surface area is 145 Å². The lowest BCUT2D eigenvalue weighted by Gasteiger charge is -2.01. The molecule has 3 aromatic heterocycles. The zero-order valence-corrected chi connectivity index (χ0v) is 14.7. The summed E-state index contributed by atoms with van der Waals surface area (Å²) < 4.78 is 3.53. The first kappa shape index (κ1) is 16.9. The first-order valence-corrected chi connectivity index (χ1v) is 8.37. The maximum atomic E-state index is 12.1. The first-order valence-electron chi connectivity index (χ1n) is 8.37. The van der Waals surface area contributed by atoms with Gasteiger partial charge in [0.2, 0.25) is 5.91 Å². The molecule has 3 aromatic rings. The monoisotopic (exact) mass is 342 g/mol. The highest BCUT2D eigenvalue weighted by Crippen LogP contribution is 2.20. The summed E-state index contributed by atoms with van der Waals surface area (Å²) in [6.07, 6.45) is 6.34. The van der Waals surface area contributed by atoms with Crippen LogP contribution in [0.2, 0.25) is 0 Å². The van der Waals surface area contributed by atoms with Crippen molar-refractivity contribution in [2.45, 2.75) is 46.8 Å². The minimum absolute atomic E-state index is 0.112. The summed E-state index contributed by atoms with van der Waals surface area (Å²) in [6, 6.07) is 1.89. The zero-order chi connectivity index (χ0) is 17.8. The van der Waals surface area contributed by atoms with Crippen molar-refractivity contribution >= 4 is 11.7 Å². The Morgan fingerprint density at radius 2 is 2.04 bits per heavy atom. The smallest absolute Gasteiger partial charge is 0.247 e. The lowest BCUT2D eigenvalue weighted by Crippen LogP contribution is -2.19. The number of rotatable bonds is 7. The van der Waals surface area contributed by atoms with Gasteiger partial charge >= 0.3 is 0 Å². The second-order valence-electron chi connectivity index (χ2n) is 5.76. The fourth-order valence-corrected chi connectivity index (χ4v) is 2.54. The number of carbonyl (C=O) groups is 1. The fraction of sp³-hybridized carbons (Fsp3) is 0.438. The summed E-state index contributed by atoms with van der Waals surface area (Å²) in [6.45, 7) is 7.65. The van der Waals surface area contributed by atoms with Gasteiger partial charge in [0.05, 0.1) is 24.1 Å². The Kier molecular flexibility index (Phi) is 4.92. The molecule has 9 heteroatoms. The SMILES string of the molecule is CCCn1cc(-c2ccn(CC(=O)Nc3cnn(CC)n3)n2)c(C)n1. The molecule has 0 fully saturated rings. The fourth-order valence-electron chi connectivity index (χ4n) is 2.54. The van der Waals surface area contributed by atoms with Gasteiger partial charge in [-0.05, 0) is 26.3 Å². The number of hydrogen-bond donors (Lipinski definition) is 1. The van der Waals surface area contributed by atoms with E-state index in [2.05, 4.69) is 32.6 Å². The van der Waals surface area contributed by atoms with E-state index in [4.69, 9.17) is 0 Å². The summed E-state index contributed by atoms with van der Waals surface area (Å²) in [7, 11) is 0. The Balaban J connectivity index is 1.66. The van der Waals surface area contributed by atoms with Crippen LogP contribution in [0.15, 0.2) is 24.7 Å². The molecule has 1 amide bonds. The highest BCUT2D eigenvalue weighted by Gasteiger charge is 2.12. The number of nitrogens with zero attached hydrogens (tertiary/aromatic N) is 7. The molecule has 0 unspecified atom stereocenters. The third kappa shape index (κ3) is 3.93. The Morgan fingerprint density at radius 1 is 1.20 bits per heavy atom. The molecule has 0 saturated heterocycles. The van der Waals surface area contributed by atoms with Crippen LogP contribution in [0.25, 0.3) is 11.3 Å². The lowest BCUT2D eigenvalue weighted by atomic mass is 10.2. The van der Waals surface area contributed by atoms with Crippen LogP contribution >= 0.6 is 0 Å². The predicted octanol–water partition coefficient (Wildman–Crippen LogP) is 1.72. The van der Waals surface area contributed by atoms with Crippen LogP contribution in [0.5, 0.6) is 0 Å². The first-order chi connectivity index (χ1) is 12.1. The minimum Gasteiger partial charge on any atom is -0.306 e. The van der Waals surface area contributed by atoms with E-state index in [0.717, 1.165) is 29.9 Å². The van der Waals surface area contributed by atoms with Gasteiger partial charge in [0, 0.05) is 24.5 Å². The van der Waals surface area contributed by atoms with Gasteiger partial charge in [-0.25, -0.2) is 0 Å². The number of carbonyl (C=O) groups excluding carboxylic acids is 1. The summed E-state index contributed by atoms with van der Waals surface area (Å²) >= 11 is 0. The predicted molar refractivity (Wildman–Crippen MR) is 92.8 cm³/mol. The van der Waals surface area contributed by atoms with Gasteiger partial charge in [-0.2, -0.15) is 20.1 Å². The molecule has 0 aliphatic rings. The van der Waals surface area contributed by atoms with Crippen molar-refractivity contribution in [1.29, 1.82) is 0 Å². The molecule has 1 N–H and O–H groups in total. The maximum absolute atomic E-state index is 12.1. The summed E-state index contributed by atoms with van der Waals surface area (Å²) in [5.74, 6) is 0.243. The highest BCUT2D eigenvalue weighted by atomic mass is 16.2. The number of anilines is 1. The highest BCUT2D eigenvalue weighted by molar-refractivity contribution is 5.89. The summed E-state index contributed by atoms with van der Waals surface area (Å²) in [5, 5.41) is 19.8. The van der Waals surface area contributed by atoms with Crippen molar-refractivity contribution < 1.29 is 4.79 Å². The van der Waals surface area contributed by atoms with Crippen molar-refractivity contribution in [1.82, 2.24) is 34.6 Å². The standard InChI is InChI=1S/C16H22N8O/c1-4-7-22-10-13(12(3)19-22)14-6-8-23(20-14)11-16(25)18-15-9-17-24(5-2)21-15/h6,8-10H,4-5,7,11H2,1-3H3,(H,18,21,25). The van der Waals surface area contributed by atoms with Gasteiger partial charge < -0.3 is 5.32 Å². The minimum atomic E-state index is -0.198. The molecule has 25 heavy (non-hydrogen) atoms. The number of aromatic nitrogens is 7. The molecule has 0 aliphatic carbocycles. The third-order valence-electron chi connectivity index (χ3n) is 3.71. The van der Waals surface area contributed by atoms with Crippen LogP contribution in [-0.2, 0) is 24.4 Å². The molecule has 0 saturated carbocycles. The molecule has 3 heterocycles. The molecular weight excluding hydrogens is 320 g/mol. The quantitative estimate of drug-likeness (QED) is 0.705. The lowest BCUT2D eigenvalue weighted by molar-refractivity contribution is -0.116. The van der Waals surface area contributed by atoms with E-state index in [1.807, 2.05) is 30.8 Å². The van der Waals surface area contributed by atoms with Crippen LogP contribution in [0.4, 0.5) is 5.82 Å². The van der Waals surface area contributed by atoms with Crippen LogP contribution in [0.1, 0.15) is 26.0 Å². The molecule has 0 atom stereocenters. The van der Waals surface area contributed by atoms with E-state index in [1.165, 1.54) is 11.0 Å². The van der Waals surface area contributed by atoms with Crippen molar-refractivity contribution in [2.75, 3.05) is 5.32 Å². The molecule has 0 aliphatic heterocycles. The number of hydrogen-bond acceptors (Lipinski definition) is 5. The topological polar surface area (TPSA) is 95.5 Å². The zero-order valence-electron chi connectivity index (χ0n) is 14.7. The Hall–Kier alpha value is -2.97. The van der Waals surface area contributed by atoms with Gasteiger partial charge in [-0.1, -0.05) is 6.92 Å². The average Bonchev–Trinajstić information content (AvgIpc) is 3.28. The summed E-state index contributed by atoms with van der Waals surface area (Å²) in [4.78, 5) is 13.6. The molecule has 0 aromatic carbocycles. The van der Waals surface area contributed by atoms with E-state index in [-0.39, 0.29) is 12.5 Å². The molecule has 3 rings (SSSR count). The van der Waals surface area contributed by atoms with Crippen LogP contribution < -0.4 is 5.32 Å². The van der Waals surface area contributed by atoms with Crippen molar-refractivity contribution in [3.8, 4) is 11.3 Å². The normalized spacial score (nSPS) is 11.0. The van der Waals surface area contributed by atoms with E-state index in [1.54, 1.807) is 10.9 Å². The van der Waals surface area contributed by atoms with E-state index in [9.17, 15) is 4.79 Å². The van der Waals surface area contributed by atoms with Crippen LogP contribution in [0, 0.1) is 6.92 Å². The molecular formula is C16H22N8O. The van der Waals surface area contributed by atoms with Crippen molar-refractivity contribution in [3.05, 3.63) is 30.4 Å². The van der Waals surface area contributed by atoms with Gasteiger partial charge in [0.1, 0.15) is 6.54 Å². The van der Waals surface area contributed by atoms with Crippen LogP contribution in [0.3, 0.4) is 0 Å². The molecule has 0 radical (unpaired) electrons. The van der Waals surface area contributed by atoms with Crippen molar-refractivity contribution in [3.63, 3.8) is 0 Å². The number of nitrogens with one attached hydrogen (secondary N) is 1. The molecule has 9 nitrogen and oxygen atoms in total. The number of aryl methyl sites for hydroxylation is 3. The van der Waals surface area contributed by atoms with Gasteiger partial charge in [0.25, 0.3) is 0 Å². The molecule has 132 valence electrons. The Bertz CT molecular complexity index is 859. The van der Waals surface area contributed by atoms with Gasteiger partial charge in [-0.15, -0.1) is 5.10 Å². The number of amides is 1. The molecule has 0 spiro atoms. The largest absolute Gasteiger partial charge is 0.306 e. The van der Waals surface area contributed by atoms with E-state index in [0.29, 0.717) is 12.4 Å². The third-order valence-corrected chi connectivity index (χ3v) is 3.71. The molecule has 0 bridgehead atoms. The van der Waals surface area contributed by atoms with E-state index >= 15 is 0 Å². The van der Waals surface area contributed by atoms with Gasteiger partial charge in [0.15, 0.2) is 5.82 Å². The average molecular weight is 342 g/mol. The maximum Gasteiger partial charge on any atom is 0.247 e. The second-order valence-corrected chi connectivity index (χ2v) is 5.76.